The Morgan fingerprint density at radius 1 is 1.31 bits per heavy atom. The Hall–Kier alpha value is -0.650. The van der Waals surface area contributed by atoms with Gasteiger partial charge >= 0.3 is 0 Å². The normalized spacial score (nSPS) is 11.4. The lowest BCUT2D eigenvalue weighted by Crippen LogP contribution is -1.91. The van der Waals surface area contributed by atoms with Gasteiger partial charge in [0.1, 0.15) is 0 Å². The van der Waals surface area contributed by atoms with Crippen LogP contribution in [0.2, 0.25) is 0 Å². The number of fused-ring (bicyclic) bond motifs is 1. The van der Waals surface area contributed by atoms with Crippen LogP contribution in [0.4, 0.5) is 0 Å². The smallest absolute Gasteiger partial charge is 0.259 e. The first-order valence-corrected chi connectivity index (χ1v) is 5.17. The summed E-state index contributed by atoms with van der Waals surface area (Å²) >= 11 is 2.04. The highest BCUT2D eigenvalue weighted by Crippen LogP contribution is 2.18. The van der Waals surface area contributed by atoms with Crippen LogP contribution < -0.4 is 0 Å². The molecule has 0 N–H and O–H groups in total. The van der Waals surface area contributed by atoms with E-state index in [1.165, 1.54) is 0 Å². The van der Waals surface area contributed by atoms with Gasteiger partial charge in [0.15, 0.2) is 11.2 Å². The molecule has 0 aliphatic heterocycles. The molecule has 2 aromatic heterocycles. The van der Waals surface area contributed by atoms with Gasteiger partial charge in [-0.2, -0.15) is 4.98 Å². The lowest BCUT2D eigenvalue weighted by molar-refractivity contribution is 0.566. The van der Waals surface area contributed by atoms with Crippen molar-refractivity contribution in [1.82, 2.24) is 9.97 Å². The summed E-state index contributed by atoms with van der Waals surface area (Å²) in [6.07, 6.45) is 0. The average molecular weight is 288 g/mol. The van der Waals surface area contributed by atoms with E-state index in [2.05, 4.69) is 23.8 Å². The molecule has 0 fully saturated rings. The zero-order chi connectivity index (χ0) is 9.42. The molecule has 13 heavy (non-hydrogen) atoms. The molecule has 2 aromatic rings. The van der Waals surface area contributed by atoms with Crippen LogP contribution in [0.1, 0.15) is 25.5 Å². The number of nitrogens with zero attached hydrogens (tertiary/aromatic N) is 2. The average Bonchev–Trinajstić information content (AvgIpc) is 2.42. The fraction of sp³-hybridized carbons (Fsp3) is 0.333. The molecule has 0 saturated heterocycles. The molecule has 2 heterocycles. The Labute approximate surface area is 89.7 Å². The second-order valence-electron chi connectivity index (χ2n) is 3.18. The molecule has 4 heteroatoms. The molecule has 0 atom stereocenters. The minimum Gasteiger partial charge on any atom is -0.430 e. The second-order valence-corrected chi connectivity index (χ2v) is 4.10. The second kappa shape index (κ2) is 3.25. The number of aromatic nitrogens is 2. The Morgan fingerprint density at radius 3 is 2.77 bits per heavy atom. The maximum Gasteiger partial charge on any atom is 0.259 e. The Kier molecular flexibility index (Phi) is 2.23. The van der Waals surface area contributed by atoms with Gasteiger partial charge in [-0.15, -0.1) is 0 Å². The number of oxazole rings is 1. The first-order valence-electron chi connectivity index (χ1n) is 4.10. The zero-order valence-corrected chi connectivity index (χ0v) is 9.57. The van der Waals surface area contributed by atoms with E-state index in [4.69, 9.17) is 4.42 Å². The quantitative estimate of drug-likeness (QED) is 0.757. The molecule has 0 bridgehead atoms. The number of hydrogen-bond acceptors (Lipinski definition) is 3. The van der Waals surface area contributed by atoms with E-state index in [0.717, 1.165) is 11.3 Å². The number of pyridine rings is 1. The summed E-state index contributed by atoms with van der Waals surface area (Å²) in [5.41, 5.74) is 2.52. The summed E-state index contributed by atoms with van der Waals surface area (Å²) in [7, 11) is 0. The van der Waals surface area contributed by atoms with Crippen molar-refractivity contribution in [2.24, 2.45) is 0 Å². The fourth-order valence-corrected chi connectivity index (χ4v) is 1.59. The zero-order valence-electron chi connectivity index (χ0n) is 7.41. The highest BCUT2D eigenvalue weighted by Gasteiger charge is 2.07. The van der Waals surface area contributed by atoms with E-state index in [-0.39, 0.29) is 0 Å². The minimum atomic E-state index is 0.429. The molecule has 0 aromatic carbocycles. The van der Waals surface area contributed by atoms with Crippen molar-refractivity contribution >= 4 is 33.8 Å². The first-order chi connectivity index (χ1) is 6.16. The summed E-state index contributed by atoms with van der Waals surface area (Å²) in [5.74, 6) is 0.429. The van der Waals surface area contributed by atoms with Gasteiger partial charge in [0.05, 0.1) is 0 Å². The maximum absolute atomic E-state index is 5.32. The SMILES string of the molecule is CC(C)c1ccc2oc(I)nc2n1. The van der Waals surface area contributed by atoms with Crippen LogP contribution in [0.5, 0.6) is 0 Å². The predicted molar refractivity (Wildman–Crippen MR) is 58.6 cm³/mol. The summed E-state index contributed by atoms with van der Waals surface area (Å²) in [6, 6.07) is 3.90. The van der Waals surface area contributed by atoms with Crippen LogP contribution in [0.25, 0.3) is 11.2 Å². The topological polar surface area (TPSA) is 38.9 Å². The van der Waals surface area contributed by atoms with Gasteiger partial charge in [-0.1, -0.05) is 13.8 Å². The van der Waals surface area contributed by atoms with E-state index >= 15 is 0 Å². The first kappa shape index (κ1) is 8.93. The van der Waals surface area contributed by atoms with Gasteiger partial charge in [-0.05, 0) is 18.1 Å². The van der Waals surface area contributed by atoms with Crippen molar-refractivity contribution < 1.29 is 4.42 Å². The van der Waals surface area contributed by atoms with Crippen molar-refractivity contribution in [2.75, 3.05) is 0 Å². The molecule has 3 nitrogen and oxygen atoms in total. The maximum atomic E-state index is 5.32. The van der Waals surface area contributed by atoms with Gasteiger partial charge in [0.25, 0.3) is 3.90 Å². The van der Waals surface area contributed by atoms with E-state index in [9.17, 15) is 0 Å². The van der Waals surface area contributed by atoms with Crippen LogP contribution in [0, 0.1) is 3.90 Å². The molecule has 0 saturated carbocycles. The number of hydrogen-bond donors (Lipinski definition) is 0. The standard InChI is InChI=1S/C9H9IN2O/c1-5(2)6-3-4-7-8(11-6)12-9(10)13-7/h3-5H,1-2H3. The summed E-state index contributed by atoms with van der Waals surface area (Å²) in [5, 5.41) is 0. The van der Waals surface area contributed by atoms with Crippen molar-refractivity contribution in [1.29, 1.82) is 0 Å². The van der Waals surface area contributed by atoms with E-state index in [1.807, 2.05) is 34.7 Å². The van der Waals surface area contributed by atoms with Crippen LogP contribution in [-0.4, -0.2) is 9.97 Å². The van der Waals surface area contributed by atoms with Gasteiger partial charge in [0, 0.05) is 28.3 Å². The van der Waals surface area contributed by atoms with Gasteiger partial charge in [0.2, 0.25) is 0 Å². The minimum absolute atomic E-state index is 0.429. The molecular weight excluding hydrogens is 279 g/mol. The van der Waals surface area contributed by atoms with Crippen LogP contribution in [0.15, 0.2) is 16.5 Å². The molecule has 2 rings (SSSR count). The molecule has 0 radical (unpaired) electrons. The van der Waals surface area contributed by atoms with Crippen molar-refractivity contribution in [2.45, 2.75) is 19.8 Å². The summed E-state index contributed by atoms with van der Waals surface area (Å²) < 4.78 is 5.96. The van der Waals surface area contributed by atoms with Gasteiger partial charge in [-0.3, -0.25) is 0 Å². The molecule has 0 aliphatic carbocycles. The lowest BCUT2D eigenvalue weighted by atomic mass is 10.1. The van der Waals surface area contributed by atoms with Crippen LogP contribution in [-0.2, 0) is 0 Å². The molecule has 0 spiro atoms. The third-order valence-corrected chi connectivity index (χ3v) is 2.30. The molecule has 0 aliphatic rings. The highest BCUT2D eigenvalue weighted by molar-refractivity contribution is 14.1. The van der Waals surface area contributed by atoms with Crippen molar-refractivity contribution in [3.63, 3.8) is 0 Å². The summed E-state index contributed by atoms with van der Waals surface area (Å²) in [4.78, 5) is 8.55. The molecule has 0 amide bonds. The third-order valence-electron chi connectivity index (χ3n) is 1.84. The molecule has 0 unspecified atom stereocenters. The number of rotatable bonds is 1. The highest BCUT2D eigenvalue weighted by atomic mass is 127. The largest absolute Gasteiger partial charge is 0.430 e. The molecular formula is C9H9IN2O. The third kappa shape index (κ3) is 1.67. The van der Waals surface area contributed by atoms with Crippen LogP contribution in [0.3, 0.4) is 0 Å². The van der Waals surface area contributed by atoms with Crippen molar-refractivity contribution in [3.05, 3.63) is 21.7 Å². The van der Waals surface area contributed by atoms with Crippen molar-refractivity contribution in [3.8, 4) is 0 Å². The number of halogens is 1. The van der Waals surface area contributed by atoms with E-state index in [0.29, 0.717) is 15.5 Å². The van der Waals surface area contributed by atoms with Gasteiger partial charge < -0.3 is 4.42 Å². The van der Waals surface area contributed by atoms with Crippen LogP contribution >= 0.6 is 22.6 Å². The lowest BCUT2D eigenvalue weighted by Gasteiger charge is -2.01. The summed E-state index contributed by atoms with van der Waals surface area (Å²) in [6.45, 7) is 4.22. The predicted octanol–water partition coefficient (Wildman–Crippen LogP) is 2.95. The Balaban J connectivity index is 2.61. The van der Waals surface area contributed by atoms with E-state index in [1.54, 1.807) is 0 Å². The fourth-order valence-electron chi connectivity index (χ4n) is 1.13. The Bertz CT molecular complexity index is 436. The molecule has 68 valence electrons. The van der Waals surface area contributed by atoms with E-state index < -0.39 is 0 Å². The monoisotopic (exact) mass is 288 g/mol. The Morgan fingerprint density at radius 2 is 2.08 bits per heavy atom. The van der Waals surface area contributed by atoms with Gasteiger partial charge in [-0.25, -0.2) is 4.98 Å².